The molecule has 0 spiro atoms. The molecule has 7 heteroatoms. The number of rotatable bonds is 3. The molecule has 3 amide bonds. The van der Waals surface area contributed by atoms with Gasteiger partial charge in [-0.15, -0.1) is 0 Å². The van der Waals surface area contributed by atoms with Gasteiger partial charge in [0.25, 0.3) is 5.91 Å². The van der Waals surface area contributed by atoms with Gasteiger partial charge < -0.3 is 25.2 Å². The summed E-state index contributed by atoms with van der Waals surface area (Å²) in [5.74, 6) is -0.145. The van der Waals surface area contributed by atoms with Gasteiger partial charge in [0.1, 0.15) is 0 Å². The average molecular weight is 392 g/mol. The molecule has 2 aliphatic rings. The summed E-state index contributed by atoms with van der Waals surface area (Å²) in [6.07, 6.45) is 1.87. The first-order valence-corrected chi connectivity index (χ1v) is 9.60. The fourth-order valence-corrected chi connectivity index (χ4v) is 3.41. The largest absolute Gasteiger partial charge is 0.378 e. The maximum Gasteiger partial charge on any atom is 0.321 e. The third kappa shape index (κ3) is 4.09. The van der Waals surface area contributed by atoms with Gasteiger partial charge in [0.15, 0.2) is 0 Å². The van der Waals surface area contributed by atoms with Crippen LogP contribution in [0.5, 0.6) is 0 Å². The lowest BCUT2D eigenvalue weighted by Gasteiger charge is -2.27. The van der Waals surface area contributed by atoms with Crippen LogP contribution >= 0.6 is 0 Å². The lowest BCUT2D eigenvalue weighted by atomic mass is 10.0. The van der Waals surface area contributed by atoms with Gasteiger partial charge in [-0.05, 0) is 42.0 Å². The SMILES string of the molecule is CN(C)c1ccc(/C=C2/C(=O)Nc3ccc(NC(=O)N4CCOCC4)cc32)cc1. The molecule has 2 heterocycles. The van der Waals surface area contributed by atoms with Crippen molar-refractivity contribution >= 4 is 40.6 Å². The highest BCUT2D eigenvalue weighted by molar-refractivity contribution is 6.35. The van der Waals surface area contributed by atoms with E-state index in [4.69, 9.17) is 4.74 Å². The normalized spacial score (nSPS) is 17.1. The van der Waals surface area contributed by atoms with Crippen LogP contribution in [0.25, 0.3) is 11.6 Å². The summed E-state index contributed by atoms with van der Waals surface area (Å²) in [6, 6.07) is 13.3. The van der Waals surface area contributed by atoms with Gasteiger partial charge in [-0.3, -0.25) is 4.79 Å². The predicted molar refractivity (Wildman–Crippen MR) is 115 cm³/mol. The molecule has 0 radical (unpaired) electrons. The summed E-state index contributed by atoms with van der Waals surface area (Å²) in [5, 5.41) is 5.81. The van der Waals surface area contributed by atoms with Gasteiger partial charge in [-0.2, -0.15) is 0 Å². The Labute approximate surface area is 169 Å². The predicted octanol–water partition coefficient (Wildman–Crippen LogP) is 3.11. The summed E-state index contributed by atoms with van der Waals surface area (Å²) in [5.41, 5.74) is 4.81. The number of carbonyl (C=O) groups excluding carboxylic acids is 2. The van der Waals surface area contributed by atoms with Crippen molar-refractivity contribution in [3.63, 3.8) is 0 Å². The van der Waals surface area contributed by atoms with Crippen molar-refractivity contribution in [2.45, 2.75) is 0 Å². The topological polar surface area (TPSA) is 73.9 Å². The van der Waals surface area contributed by atoms with Gasteiger partial charge in [-0.1, -0.05) is 12.1 Å². The van der Waals surface area contributed by atoms with Crippen molar-refractivity contribution in [2.24, 2.45) is 0 Å². The number of hydrogen-bond donors (Lipinski definition) is 2. The quantitative estimate of drug-likeness (QED) is 0.788. The molecular formula is C22H24N4O3. The minimum absolute atomic E-state index is 0.145. The number of carbonyl (C=O) groups is 2. The third-order valence-electron chi connectivity index (χ3n) is 5.07. The van der Waals surface area contributed by atoms with E-state index in [0.29, 0.717) is 37.6 Å². The second-order valence-corrected chi connectivity index (χ2v) is 7.29. The molecule has 0 saturated carbocycles. The van der Waals surface area contributed by atoms with E-state index in [2.05, 4.69) is 10.6 Å². The van der Waals surface area contributed by atoms with Gasteiger partial charge in [0.2, 0.25) is 0 Å². The number of morpholine rings is 1. The molecule has 2 N–H and O–H groups in total. The zero-order chi connectivity index (χ0) is 20.4. The second kappa shape index (κ2) is 7.97. The van der Waals surface area contributed by atoms with Crippen LogP contribution in [0.1, 0.15) is 11.1 Å². The van der Waals surface area contributed by atoms with E-state index < -0.39 is 0 Å². The third-order valence-corrected chi connectivity index (χ3v) is 5.07. The fraction of sp³-hybridized carbons (Fsp3) is 0.273. The van der Waals surface area contributed by atoms with E-state index in [1.54, 1.807) is 11.0 Å². The Morgan fingerprint density at radius 2 is 1.86 bits per heavy atom. The van der Waals surface area contributed by atoms with E-state index in [1.165, 1.54) is 0 Å². The summed E-state index contributed by atoms with van der Waals surface area (Å²) in [7, 11) is 3.97. The fourth-order valence-electron chi connectivity index (χ4n) is 3.41. The van der Waals surface area contributed by atoms with Crippen molar-refractivity contribution in [1.29, 1.82) is 0 Å². The number of anilines is 3. The first-order chi connectivity index (χ1) is 14.0. The Kier molecular flexibility index (Phi) is 5.22. The number of fused-ring (bicyclic) bond motifs is 1. The molecule has 4 rings (SSSR count). The number of nitrogens with one attached hydrogen (secondary N) is 2. The minimum atomic E-state index is -0.157. The van der Waals surface area contributed by atoms with Gasteiger partial charge in [0, 0.05) is 55.4 Å². The lowest BCUT2D eigenvalue weighted by Crippen LogP contribution is -2.43. The number of ether oxygens (including phenoxy) is 1. The standard InChI is InChI=1S/C22H24N4O3/c1-25(2)17-6-3-15(4-7-17)13-19-18-14-16(5-8-20(18)24-21(19)27)23-22(28)26-9-11-29-12-10-26/h3-8,13-14H,9-12H2,1-2H3,(H,23,28)(H,24,27)/b19-13+. The van der Waals surface area contributed by atoms with Crippen LogP contribution in [0, 0.1) is 0 Å². The second-order valence-electron chi connectivity index (χ2n) is 7.29. The van der Waals surface area contributed by atoms with Crippen LogP contribution < -0.4 is 15.5 Å². The van der Waals surface area contributed by atoms with Crippen molar-refractivity contribution < 1.29 is 14.3 Å². The van der Waals surface area contributed by atoms with Crippen molar-refractivity contribution in [1.82, 2.24) is 4.90 Å². The molecular weight excluding hydrogens is 368 g/mol. The van der Waals surface area contributed by atoms with E-state index >= 15 is 0 Å². The molecule has 0 unspecified atom stereocenters. The van der Waals surface area contributed by atoms with Crippen LogP contribution in [0.4, 0.5) is 21.9 Å². The Morgan fingerprint density at radius 1 is 1.14 bits per heavy atom. The maximum atomic E-state index is 12.5. The summed E-state index contributed by atoms with van der Waals surface area (Å²) < 4.78 is 5.29. The molecule has 1 fully saturated rings. The molecule has 2 aromatic carbocycles. The molecule has 1 saturated heterocycles. The molecule has 150 valence electrons. The monoisotopic (exact) mass is 392 g/mol. The Bertz CT molecular complexity index is 961. The van der Waals surface area contributed by atoms with Crippen LogP contribution in [0.15, 0.2) is 42.5 Å². The van der Waals surface area contributed by atoms with Gasteiger partial charge in [-0.25, -0.2) is 4.79 Å². The average Bonchev–Trinajstić information content (AvgIpc) is 3.04. The smallest absolute Gasteiger partial charge is 0.321 e. The Balaban J connectivity index is 1.57. The summed E-state index contributed by atoms with van der Waals surface area (Å²) in [6.45, 7) is 2.25. The lowest BCUT2D eigenvalue weighted by molar-refractivity contribution is -0.110. The Morgan fingerprint density at radius 3 is 2.55 bits per heavy atom. The molecule has 0 atom stereocenters. The van der Waals surface area contributed by atoms with Gasteiger partial charge in [0.05, 0.1) is 13.2 Å². The summed E-state index contributed by atoms with van der Waals surface area (Å²) in [4.78, 5) is 28.7. The maximum absolute atomic E-state index is 12.5. The molecule has 0 aliphatic carbocycles. The number of benzene rings is 2. The Hall–Kier alpha value is -3.32. The van der Waals surface area contributed by atoms with E-state index in [-0.39, 0.29) is 11.9 Å². The number of nitrogens with zero attached hydrogens (tertiary/aromatic N) is 2. The number of urea groups is 1. The van der Waals surface area contributed by atoms with Crippen LogP contribution in [0.3, 0.4) is 0 Å². The molecule has 29 heavy (non-hydrogen) atoms. The van der Waals surface area contributed by atoms with E-state index in [0.717, 1.165) is 22.5 Å². The van der Waals surface area contributed by atoms with Crippen molar-refractivity contribution in [2.75, 3.05) is 55.9 Å². The number of hydrogen-bond acceptors (Lipinski definition) is 4. The van der Waals surface area contributed by atoms with Crippen LogP contribution in [0.2, 0.25) is 0 Å². The molecule has 2 aliphatic heterocycles. The van der Waals surface area contributed by atoms with Crippen LogP contribution in [-0.2, 0) is 9.53 Å². The zero-order valence-electron chi connectivity index (χ0n) is 16.6. The highest BCUT2D eigenvalue weighted by Crippen LogP contribution is 2.35. The first kappa shape index (κ1) is 19.0. The first-order valence-electron chi connectivity index (χ1n) is 9.60. The highest BCUT2D eigenvalue weighted by Gasteiger charge is 2.25. The molecule has 0 bridgehead atoms. The number of amides is 3. The van der Waals surface area contributed by atoms with E-state index in [1.807, 2.05) is 61.5 Å². The molecule has 7 nitrogen and oxygen atoms in total. The minimum Gasteiger partial charge on any atom is -0.378 e. The van der Waals surface area contributed by atoms with E-state index in [9.17, 15) is 9.59 Å². The molecule has 2 aromatic rings. The van der Waals surface area contributed by atoms with Gasteiger partial charge >= 0.3 is 6.03 Å². The molecule has 0 aromatic heterocycles. The van der Waals surface area contributed by atoms with Crippen molar-refractivity contribution in [3.05, 3.63) is 53.6 Å². The zero-order valence-corrected chi connectivity index (χ0v) is 16.6. The summed E-state index contributed by atoms with van der Waals surface area (Å²) >= 11 is 0. The van der Waals surface area contributed by atoms with Crippen LogP contribution in [-0.4, -0.2) is 57.2 Å². The van der Waals surface area contributed by atoms with Crippen molar-refractivity contribution in [3.8, 4) is 0 Å². The highest BCUT2D eigenvalue weighted by atomic mass is 16.5.